The van der Waals surface area contributed by atoms with Crippen molar-refractivity contribution in [2.45, 2.75) is 84.8 Å². The molecule has 5 rings (SSSR count). The summed E-state index contributed by atoms with van der Waals surface area (Å²) in [5, 5.41) is 10.1. The maximum Gasteiger partial charge on any atom is 0.161 e. The molecule has 3 fully saturated rings. The van der Waals surface area contributed by atoms with Crippen LogP contribution in [0, 0.1) is 28.6 Å². The zero-order valence-corrected chi connectivity index (χ0v) is 17.9. The normalized spacial score (nSPS) is 44.5. The number of ketones is 1. The molecule has 4 heteroatoms. The highest BCUT2D eigenvalue weighted by Gasteiger charge is 2.61. The SMILES string of the molecule is CC.CC12CCC3C(CC=C4CC(O)CCC43C)C1CC(n1ccnc1)C2=O. The smallest absolute Gasteiger partial charge is 0.161 e. The summed E-state index contributed by atoms with van der Waals surface area (Å²) in [5.74, 6) is 2.18. The number of rotatable bonds is 1. The van der Waals surface area contributed by atoms with Crippen LogP contribution in [0.15, 0.2) is 30.4 Å². The van der Waals surface area contributed by atoms with Gasteiger partial charge in [-0.25, -0.2) is 4.98 Å². The first-order valence-corrected chi connectivity index (χ1v) is 11.3. The number of carbonyl (C=O) groups excluding carboxylic acids is 1. The van der Waals surface area contributed by atoms with E-state index in [9.17, 15) is 9.90 Å². The Bertz CT molecular complexity index is 755. The van der Waals surface area contributed by atoms with Gasteiger partial charge >= 0.3 is 0 Å². The predicted molar refractivity (Wildman–Crippen MR) is 111 cm³/mol. The lowest BCUT2D eigenvalue weighted by molar-refractivity contribution is -0.133. The topological polar surface area (TPSA) is 55.1 Å². The average Bonchev–Trinajstić information content (AvgIpc) is 3.31. The van der Waals surface area contributed by atoms with Crippen LogP contribution >= 0.6 is 0 Å². The van der Waals surface area contributed by atoms with E-state index in [1.165, 1.54) is 5.57 Å². The van der Waals surface area contributed by atoms with Gasteiger partial charge in [-0.1, -0.05) is 39.3 Å². The molecule has 1 heterocycles. The molecule has 0 spiro atoms. The summed E-state index contributed by atoms with van der Waals surface area (Å²) >= 11 is 0. The highest BCUT2D eigenvalue weighted by Crippen LogP contribution is 2.65. The fraction of sp³-hybridized carbons (Fsp3) is 0.750. The molecule has 1 N–H and O–H groups in total. The Morgan fingerprint density at radius 2 is 1.89 bits per heavy atom. The highest BCUT2D eigenvalue weighted by molar-refractivity contribution is 5.91. The number of carbonyl (C=O) groups is 1. The van der Waals surface area contributed by atoms with Gasteiger partial charge < -0.3 is 9.67 Å². The quantitative estimate of drug-likeness (QED) is 0.697. The Balaban J connectivity index is 0.000000932. The molecular weight excluding hydrogens is 348 g/mol. The van der Waals surface area contributed by atoms with Gasteiger partial charge in [0.25, 0.3) is 0 Å². The number of nitrogens with zero attached hydrogens (tertiary/aromatic N) is 2. The van der Waals surface area contributed by atoms with Crippen molar-refractivity contribution in [2.24, 2.45) is 28.6 Å². The molecule has 7 atom stereocenters. The Morgan fingerprint density at radius 1 is 1.14 bits per heavy atom. The van der Waals surface area contributed by atoms with E-state index in [0.717, 1.165) is 44.9 Å². The average molecular weight is 385 g/mol. The Hall–Kier alpha value is -1.42. The molecule has 0 radical (unpaired) electrons. The Labute approximate surface area is 169 Å². The molecule has 28 heavy (non-hydrogen) atoms. The van der Waals surface area contributed by atoms with E-state index < -0.39 is 0 Å². The monoisotopic (exact) mass is 384 g/mol. The molecule has 0 aliphatic heterocycles. The van der Waals surface area contributed by atoms with Gasteiger partial charge in [-0.2, -0.15) is 0 Å². The van der Waals surface area contributed by atoms with Crippen LogP contribution in [0.25, 0.3) is 0 Å². The largest absolute Gasteiger partial charge is 0.393 e. The first-order valence-electron chi connectivity index (χ1n) is 11.3. The third-order valence-corrected chi connectivity index (χ3v) is 8.69. The minimum atomic E-state index is -0.175. The van der Waals surface area contributed by atoms with Crippen molar-refractivity contribution in [3.8, 4) is 0 Å². The lowest BCUT2D eigenvalue weighted by atomic mass is 9.48. The van der Waals surface area contributed by atoms with E-state index in [-0.39, 0.29) is 23.0 Å². The highest BCUT2D eigenvalue weighted by atomic mass is 16.3. The molecule has 0 aromatic carbocycles. The van der Waals surface area contributed by atoms with Gasteiger partial charge in [0.15, 0.2) is 5.78 Å². The standard InChI is InChI=1S/C22H30N2O2.C2H6/c1-21-7-5-15(25)11-14(21)3-4-16-17(21)6-8-22(2)18(16)12-19(20(22)26)24-10-9-23-13-24;1-2/h3,9-10,13,15-19,25H,4-8,11-12H2,1-2H3;1-2H3. The fourth-order valence-corrected chi connectivity index (χ4v) is 7.14. The second-order valence-corrected chi connectivity index (χ2v) is 9.74. The van der Waals surface area contributed by atoms with Crippen LogP contribution in [0.5, 0.6) is 0 Å². The summed E-state index contributed by atoms with van der Waals surface area (Å²) in [6.07, 6.45) is 14.9. The van der Waals surface area contributed by atoms with Crippen molar-refractivity contribution >= 4 is 5.78 Å². The fourth-order valence-electron chi connectivity index (χ4n) is 7.14. The molecule has 0 bridgehead atoms. The zero-order chi connectivity index (χ0) is 20.1. The summed E-state index contributed by atoms with van der Waals surface area (Å²) < 4.78 is 2.03. The number of Topliss-reactive ketones (excluding diaryl/α,β-unsaturated/α-hetero) is 1. The minimum Gasteiger partial charge on any atom is -0.393 e. The number of aliphatic hydroxyl groups excluding tert-OH is 1. The molecule has 4 nitrogen and oxygen atoms in total. The van der Waals surface area contributed by atoms with Crippen molar-refractivity contribution in [1.29, 1.82) is 0 Å². The van der Waals surface area contributed by atoms with E-state index in [1.54, 1.807) is 6.20 Å². The third kappa shape index (κ3) is 2.74. The van der Waals surface area contributed by atoms with E-state index in [0.29, 0.717) is 23.5 Å². The van der Waals surface area contributed by atoms with Gasteiger partial charge in [0.1, 0.15) is 0 Å². The Morgan fingerprint density at radius 3 is 2.61 bits per heavy atom. The van der Waals surface area contributed by atoms with Gasteiger partial charge in [-0.15, -0.1) is 0 Å². The molecule has 4 aliphatic carbocycles. The van der Waals surface area contributed by atoms with Crippen LogP contribution in [0.3, 0.4) is 0 Å². The maximum atomic E-state index is 13.3. The summed E-state index contributed by atoms with van der Waals surface area (Å²) in [6, 6.07) is -0.0300. The van der Waals surface area contributed by atoms with E-state index >= 15 is 0 Å². The molecular formula is C24H36N2O2. The summed E-state index contributed by atoms with van der Waals surface area (Å²) in [5.41, 5.74) is 1.56. The van der Waals surface area contributed by atoms with Crippen molar-refractivity contribution in [2.75, 3.05) is 0 Å². The van der Waals surface area contributed by atoms with Gasteiger partial charge in [0.05, 0.1) is 18.5 Å². The van der Waals surface area contributed by atoms with Crippen molar-refractivity contribution in [1.82, 2.24) is 9.55 Å². The Kier molecular flexibility index (Phi) is 5.06. The minimum absolute atomic E-state index is 0.0300. The molecule has 4 aliphatic rings. The summed E-state index contributed by atoms with van der Waals surface area (Å²) in [7, 11) is 0. The number of aliphatic hydroxyl groups is 1. The van der Waals surface area contributed by atoms with Crippen LogP contribution in [-0.2, 0) is 4.79 Å². The summed E-state index contributed by atoms with van der Waals surface area (Å²) in [6.45, 7) is 8.67. The number of fused-ring (bicyclic) bond motifs is 5. The van der Waals surface area contributed by atoms with E-state index in [2.05, 4.69) is 24.9 Å². The van der Waals surface area contributed by atoms with Crippen molar-refractivity contribution < 1.29 is 9.90 Å². The number of allylic oxidation sites excluding steroid dienone is 1. The molecule has 0 amide bonds. The third-order valence-electron chi connectivity index (χ3n) is 8.69. The zero-order valence-electron chi connectivity index (χ0n) is 17.9. The first-order chi connectivity index (χ1) is 13.4. The van der Waals surface area contributed by atoms with Gasteiger partial charge in [-0.05, 0) is 68.1 Å². The lowest BCUT2D eigenvalue weighted by Crippen LogP contribution is -2.50. The first kappa shape index (κ1) is 19.9. The molecule has 7 unspecified atom stereocenters. The van der Waals surface area contributed by atoms with Gasteiger partial charge in [-0.3, -0.25) is 4.79 Å². The summed E-state index contributed by atoms with van der Waals surface area (Å²) in [4.78, 5) is 17.5. The lowest BCUT2D eigenvalue weighted by Gasteiger charge is -2.56. The molecule has 1 aromatic rings. The molecule has 154 valence electrons. The van der Waals surface area contributed by atoms with Crippen LogP contribution in [-0.4, -0.2) is 26.5 Å². The van der Waals surface area contributed by atoms with E-state index in [1.807, 2.05) is 30.9 Å². The van der Waals surface area contributed by atoms with E-state index in [4.69, 9.17) is 0 Å². The molecule has 3 saturated carbocycles. The van der Waals surface area contributed by atoms with Crippen LogP contribution < -0.4 is 0 Å². The van der Waals surface area contributed by atoms with Crippen LogP contribution in [0.4, 0.5) is 0 Å². The van der Waals surface area contributed by atoms with Gasteiger partial charge in [0, 0.05) is 17.8 Å². The van der Waals surface area contributed by atoms with Crippen molar-refractivity contribution in [3.05, 3.63) is 30.4 Å². The number of aromatic nitrogens is 2. The van der Waals surface area contributed by atoms with Gasteiger partial charge in [0.2, 0.25) is 0 Å². The predicted octanol–water partition coefficient (Wildman–Crippen LogP) is 4.95. The molecule has 1 aromatic heterocycles. The number of hydrogen-bond donors (Lipinski definition) is 1. The number of hydrogen-bond acceptors (Lipinski definition) is 3. The second kappa shape index (κ2) is 7.12. The maximum absolute atomic E-state index is 13.3. The number of imidazole rings is 1. The van der Waals surface area contributed by atoms with Crippen LogP contribution in [0.1, 0.15) is 78.7 Å². The van der Waals surface area contributed by atoms with Crippen LogP contribution in [0.2, 0.25) is 0 Å². The second-order valence-electron chi connectivity index (χ2n) is 9.74. The van der Waals surface area contributed by atoms with Crippen molar-refractivity contribution in [3.63, 3.8) is 0 Å². The molecule has 0 saturated heterocycles.